The lowest BCUT2D eigenvalue weighted by molar-refractivity contribution is -0.142. The molecule has 0 aliphatic carbocycles. The Balaban J connectivity index is 2.98. The van der Waals surface area contributed by atoms with Crippen LogP contribution in [0.2, 0.25) is 23.2 Å². The van der Waals surface area contributed by atoms with Crippen molar-refractivity contribution in [1.29, 1.82) is 0 Å². The van der Waals surface area contributed by atoms with Crippen molar-refractivity contribution in [2.45, 2.75) is 58.0 Å². The fourth-order valence-electron chi connectivity index (χ4n) is 2.01. The van der Waals surface area contributed by atoms with Gasteiger partial charge in [0.25, 0.3) is 0 Å². The molecule has 4 nitrogen and oxygen atoms in total. The molecular weight excluding hydrogens is 342 g/mol. The van der Waals surface area contributed by atoms with Crippen LogP contribution in [-0.2, 0) is 14.0 Å². The zero-order valence-electron chi connectivity index (χ0n) is 15.8. The lowest BCUT2D eigenvalue weighted by Gasteiger charge is -2.39. The number of nitrogens with one attached hydrogen (secondary N) is 1. The Bertz CT molecular complexity index is 557. The summed E-state index contributed by atoms with van der Waals surface area (Å²) in [5.74, 6) is -0.285. The van der Waals surface area contributed by atoms with Crippen LogP contribution >= 0.6 is 11.6 Å². The molecule has 136 valence electrons. The van der Waals surface area contributed by atoms with E-state index in [1.54, 1.807) is 6.92 Å². The van der Waals surface area contributed by atoms with Crippen LogP contribution in [0.15, 0.2) is 24.3 Å². The normalized spacial score (nSPS) is 15.0. The van der Waals surface area contributed by atoms with E-state index in [1.807, 2.05) is 24.3 Å². The molecule has 0 heterocycles. The molecule has 0 aromatic heterocycles. The first-order valence-electron chi connectivity index (χ1n) is 8.22. The molecular formula is C18H30ClNO3Si. The van der Waals surface area contributed by atoms with Crippen LogP contribution in [0.4, 0.5) is 0 Å². The highest BCUT2D eigenvalue weighted by Gasteiger charge is 2.39. The molecule has 0 spiro atoms. The smallest absolute Gasteiger partial charge is 0.322 e. The molecule has 0 saturated carbocycles. The monoisotopic (exact) mass is 371 g/mol. The maximum atomic E-state index is 11.6. The van der Waals surface area contributed by atoms with E-state index in [2.05, 4.69) is 39.2 Å². The van der Waals surface area contributed by atoms with Gasteiger partial charge in [-0.15, -0.1) is 0 Å². The number of esters is 1. The van der Waals surface area contributed by atoms with Gasteiger partial charge >= 0.3 is 5.97 Å². The van der Waals surface area contributed by atoms with Crippen molar-refractivity contribution < 1.29 is 14.0 Å². The average Bonchev–Trinajstić information content (AvgIpc) is 2.48. The van der Waals surface area contributed by atoms with Gasteiger partial charge in [0.1, 0.15) is 6.04 Å². The molecule has 6 heteroatoms. The number of ether oxygens (including phenoxy) is 1. The number of hydrogen-bond acceptors (Lipinski definition) is 4. The highest BCUT2D eigenvalue weighted by Crippen LogP contribution is 2.39. The van der Waals surface area contributed by atoms with Crippen molar-refractivity contribution in [1.82, 2.24) is 5.32 Å². The highest BCUT2D eigenvalue weighted by molar-refractivity contribution is 6.74. The van der Waals surface area contributed by atoms with Crippen molar-refractivity contribution in [3.63, 3.8) is 0 Å². The zero-order chi connectivity index (χ0) is 18.5. The second-order valence-corrected chi connectivity index (χ2v) is 12.8. The van der Waals surface area contributed by atoms with E-state index >= 15 is 0 Å². The van der Waals surface area contributed by atoms with Crippen LogP contribution in [0, 0.1) is 0 Å². The number of halogens is 1. The maximum absolute atomic E-state index is 11.6. The van der Waals surface area contributed by atoms with Gasteiger partial charge in [0.2, 0.25) is 0 Å². The van der Waals surface area contributed by atoms with Crippen molar-refractivity contribution >= 4 is 25.9 Å². The van der Waals surface area contributed by atoms with Crippen LogP contribution in [0.25, 0.3) is 0 Å². The molecule has 0 saturated heterocycles. The first kappa shape index (κ1) is 21.2. The van der Waals surface area contributed by atoms with E-state index in [9.17, 15) is 4.79 Å². The van der Waals surface area contributed by atoms with Crippen molar-refractivity contribution in [3.05, 3.63) is 34.9 Å². The van der Waals surface area contributed by atoms with E-state index in [4.69, 9.17) is 20.8 Å². The fourth-order valence-corrected chi connectivity index (χ4v) is 3.49. The Kier molecular flexibility index (Phi) is 7.47. The van der Waals surface area contributed by atoms with Gasteiger partial charge in [-0.25, -0.2) is 0 Å². The summed E-state index contributed by atoms with van der Waals surface area (Å²) in [6.45, 7) is 13.4. The molecule has 0 radical (unpaired) electrons. The van der Waals surface area contributed by atoms with E-state index in [-0.39, 0.29) is 23.2 Å². The van der Waals surface area contributed by atoms with Crippen LogP contribution in [-0.4, -0.2) is 34.0 Å². The first-order valence-corrected chi connectivity index (χ1v) is 11.5. The molecule has 0 aliphatic heterocycles. The molecule has 0 aliphatic rings. The van der Waals surface area contributed by atoms with E-state index in [0.717, 1.165) is 5.56 Å². The Labute approximate surface area is 152 Å². The van der Waals surface area contributed by atoms with Crippen molar-refractivity contribution in [2.75, 3.05) is 13.7 Å². The molecule has 0 fully saturated rings. The van der Waals surface area contributed by atoms with E-state index in [0.29, 0.717) is 11.6 Å². The molecule has 24 heavy (non-hydrogen) atoms. The Morgan fingerprint density at radius 1 is 1.33 bits per heavy atom. The van der Waals surface area contributed by atoms with Gasteiger partial charge < -0.3 is 14.5 Å². The SMILES string of the molecule is COC(=O)[C@H](C)NC[C@H](O[Si](C)(C)C(C)(C)C)c1cccc(Cl)c1. The summed E-state index contributed by atoms with van der Waals surface area (Å²) >= 11 is 6.15. The Morgan fingerprint density at radius 2 is 1.96 bits per heavy atom. The standard InChI is InChI=1S/C18H30ClNO3Si/c1-13(17(21)22-5)20-12-16(14-9-8-10-15(19)11-14)23-24(6,7)18(2,3)4/h8-11,13,16,20H,12H2,1-7H3/t13-,16-/m0/s1. The highest BCUT2D eigenvalue weighted by atomic mass is 35.5. The second kappa shape index (κ2) is 8.47. The molecule has 1 N–H and O–H groups in total. The van der Waals surface area contributed by atoms with Gasteiger partial charge in [-0.3, -0.25) is 4.79 Å². The lowest BCUT2D eigenvalue weighted by atomic mass is 10.1. The minimum atomic E-state index is -1.97. The number of methoxy groups -OCH3 is 1. The minimum Gasteiger partial charge on any atom is -0.468 e. The molecule has 1 aromatic rings. The van der Waals surface area contributed by atoms with Crippen LogP contribution in [0.5, 0.6) is 0 Å². The predicted molar refractivity (Wildman–Crippen MR) is 102 cm³/mol. The van der Waals surface area contributed by atoms with Gasteiger partial charge in [0, 0.05) is 11.6 Å². The maximum Gasteiger partial charge on any atom is 0.322 e. The number of rotatable bonds is 7. The summed E-state index contributed by atoms with van der Waals surface area (Å²) in [5.41, 5.74) is 1.01. The zero-order valence-corrected chi connectivity index (χ0v) is 17.5. The summed E-state index contributed by atoms with van der Waals surface area (Å²) in [6, 6.07) is 7.31. The molecule has 1 aromatic carbocycles. The van der Waals surface area contributed by atoms with Gasteiger partial charge in [-0.2, -0.15) is 0 Å². The molecule has 1 rings (SSSR count). The van der Waals surface area contributed by atoms with Crippen LogP contribution < -0.4 is 5.32 Å². The number of hydrogen-bond donors (Lipinski definition) is 1. The summed E-state index contributed by atoms with van der Waals surface area (Å²) in [7, 11) is -0.585. The third kappa shape index (κ3) is 5.88. The summed E-state index contributed by atoms with van der Waals surface area (Å²) in [5, 5.41) is 3.98. The average molecular weight is 372 g/mol. The van der Waals surface area contributed by atoms with E-state index < -0.39 is 8.32 Å². The first-order chi connectivity index (χ1) is 11.0. The molecule has 0 unspecified atom stereocenters. The summed E-state index contributed by atoms with van der Waals surface area (Å²) in [6.07, 6.45) is -0.170. The van der Waals surface area contributed by atoms with Crippen molar-refractivity contribution in [3.8, 4) is 0 Å². The summed E-state index contributed by atoms with van der Waals surface area (Å²) < 4.78 is 11.3. The molecule has 2 atom stereocenters. The number of carbonyl (C=O) groups excluding carboxylic acids is 1. The van der Waals surface area contributed by atoms with Crippen molar-refractivity contribution in [2.24, 2.45) is 0 Å². The third-order valence-corrected chi connectivity index (χ3v) is 9.35. The molecule has 0 amide bonds. The quantitative estimate of drug-likeness (QED) is 0.564. The topological polar surface area (TPSA) is 47.6 Å². The predicted octanol–water partition coefficient (Wildman–Crippen LogP) is 4.55. The number of benzene rings is 1. The second-order valence-electron chi connectivity index (χ2n) is 7.57. The Morgan fingerprint density at radius 3 is 2.46 bits per heavy atom. The van der Waals surface area contributed by atoms with Gasteiger partial charge in [0.15, 0.2) is 8.32 Å². The van der Waals surface area contributed by atoms with Gasteiger partial charge in [0.05, 0.1) is 13.2 Å². The third-order valence-electron chi connectivity index (χ3n) is 4.63. The van der Waals surface area contributed by atoms with Crippen LogP contribution in [0.3, 0.4) is 0 Å². The van der Waals surface area contributed by atoms with Gasteiger partial charge in [-0.1, -0.05) is 44.5 Å². The van der Waals surface area contributed by atoms with Crippen LogP contribution in [0.1, 0.15) is 39.4 Å². The lowest BCUT2D eigenvalue weighted by Crippen LogP contribution is -2.45. The van der Waals surface area contributed by atoms with Gasteiger partial charge in [-0.05, 0) is 42.8 Å². The largest absolute Gasteiger partial charge is 0.468 e. The minimum absolute atomic E-state index is 0.0950. The summed E-state index contributed by atoms with van der Waals surface area (Å²) in [4.78, 5) is 11.6. The number of carbonyl (C=O) groups is 1. The van der Waals surface area contributed by atoms with E-state index in [1.165, 1.54) is 7.11 Å². The molecule has 0 bridgehead atoms. The fraction of sp³-hybridized carbons (Fsp3) is 0.611. The Hall–Kier alpha value is -0.883.